The summed E-state index contributed by atoms with van der Waals surface area (Å²) >= 11 is 0. The van der Waals surface area contributed by atoms with Crippen LogP contribution in [0.4, 0.5) is 10.1 Å². The number of carbonyl (C=O) groups is 3. The standard InChI is InChI=1S/C24H26FN5O3/c1-15-3-2-4-17(26-15)14-28-7-9-29(10-8-28)21-11-16-13-30(24(33)18(16)12-19(21)25)20-5-6-22(31)27-23(20)32/h2-4,11-12,20H,5-10,13-14H2,1H3,(H,27,31,32). The molecule has 1 unspecified atom stereocenters. The van der Waals surface area contributed by atoms with Crippen molar-refractivity contribution in [3.8, 4) is 0 Å². The van der Waals surface area contributed by atoms with Gasteiger partial charge in [-0.15, -0.1) is 0 Å². The molecule has 1 N–H and O–H groups in total. The second-order valence-electron chi connectivity index (χ2n) is 8.89. The average Bonchev–Trinajstić information content (AvgIpc) is 3.09. The van der Waals surface area contributed by atoms with E-state index < -0.39 is 17.8 Å². The molecule has 2 aromatic rings. The maximum absolute atomic E-state index is 15.0. The van der Waals surface area contributed by atoms with Crippen LogP contribution in [-0.2, 0) is 22.7 Å². The molecule has 3 aliphatic heterocycles. The minimum Gasteiger partial charge on any atom is -0.367 e. The lowest BCUT2D eigenvalue weighted by molar-refractivity contribution is -0.136. The van der Waals surface area contributed by atoms with Crippen molar-refractivity contribution in [2.75, 3.05) is 31.1 Å². The smallest absolute Gasteiger partial charge is 0.255 e. The maximum atomic E-state index is 15.0. The molecule has 3 aliphatic rings. The fourth-order valence-corrected chi connectivity index (χ4v) is 4.88. The number of amides is 3. The zero-order valence-corrected chi connectivity index (χ0v) is 18.5. The zero-order chi connectivity index (χ0) is 23.1. The molecule has 172 valence electrons. The lowest BCUT2D eigenvalue weighted by Gasteiger charge is -2.36. The number of aryl methyl sites for hydroxylation is 1. The summed E-state index contributed by atoms with van der Waals surface area (Å²) in [5.41, 5.74) is 3.52. The molecule has 9 heteroatoms. The van der Waals surface area contributed by atoms with Crippen LogP contribution in [0.5, 0.6) is 0 Å². The molecule has 0 saturated carbocycles. The molecule has 0 aliphatic carbocycles. The van der Waals surface area contributed by atoms with Crippen molar-refractivity contribution in [2.24, 2.45) is 0 Å². The molecule has 1 aromatic heterocycles. The molecule has 0 bridgehead atoms. The minimum absolute atomic E-state index is 0.193. The van der Waals surface area contributed by atoms with E-state index in [-0.39, 0.29) is 31.2 Å². The molecule has 2 saturated heterocycles. The minimum atomic E-state index is -0.701. The van der Waals surface area contributed by atoms with Gasteiger partial charge in [0.1, 0.15) is 11.9 Å². The van der Waals surface area contributed by atoms with Crippen LogP contribution in [0, 0.1) is 12.7 Å². The van der Waals surface area contributed by atoms with Gasteiger partial charge in [-0.2, -0.15) is 0 Å². The lowest BCUT2D eigenvalue weighted by Crippen LogP contribution is -2.52. The van der Waals surface area contributed by atoms with Crippen LogP contribution < -0.4 is 10.2 Å². The van der Waals surface area contributed by atoms with E-state index in [0.29, 0.717) is 29.9 Å². The van der Waals surface area contributed by atoms with Crippen LogP contribution in [-0.4, -0.2) is 64.7 Å². The summed E-state index contributed by atoms with van der Waals surface area (Å²) < 4.78 is 15.0. The third kappa shape index (κ3) is 4.20. The number of anilines is 1. The molecule has 3 amide bonds. The first-order valence-corrected chi connectivity index (χ1v) is 11.3. The maximum Gasteiger partial charge on any atom is 0.255 e. The van der Waals surface area contributed by atoms with Crippen LogP contribution in [0.1, 0.15) is 40.2 Å². The lowest BCUT2D eigenvalue weighted by atomic mass is 10.0. The molecular weight excluding hydrogens is 425 g/mol. The van der Waals surface area contributed by atoms with Gasteiger partial charge < -0.3 is 9.80 Å². The molecule has 0 radical (unpaired) electrons. The molecule has 8 nitrogen and oxygen atoms in total. The Kier molecular flexibility index (Phi) is 5.57. The van der Waals surface area contributed by atoms with Crippen molar-refractivity contribution in [3.05, 3.63) is 58.7 Å². The highest BCUT2D eigenvalue weighted by molar-refractivity contribution is 6.05. The molecule has 2 fully saturated rings. The Morgan fingerprint density at radius 1 is 1.12 bits per heavy atom. The quantitative estimate of drug-likeness (QED) is 0.711. The van der Waals surface area contributed by atoms with E-state index >= 15 is 4.39 Å². The molecule has 4 heterocycles. The van der Waals surface area contributed by atoms with Crippen LogP contribution in [0.3, 0.4) is 0 Å². The number of piperidine rings is 1. The number of aromatic nitrogens is 1. The van der Waals surface area contributed by atoms with Crippen molar-refractivity contribution in [1.82, 2.24) is 20.1 Å². The van der Waals surface area contributed by atoms with Gasteiger partial charge in [-0.3, -0.25) is 29.6 Å². The van der Waals surface area contributed by atoms with E-state index in [4.69, 9.17) is 0 Å². The van der Waals surface area contributed by atoms with Crippen molar-refractivity contribution in [2.45, 2.75) is 38.9 Å². The van der Waals surface area contributed by atoms with Crippen LogP contribution in [0.2, 0.25) is 0 Å². The highest BCUT2D eigenvalue weighted by Gasteiger charge is 2.39. The number of imide groups is 1. The van der Waals surface area contributed by atoms with E-state index in [1.54, 1.807) is 6.07 Å². The predicted octanol–water partition coefficient (Wildman–Crippen LogP) is 1.61. The number of nitrogens with zero attached hydrogens (tertiary/aromatic N) is 4. The van der Waals surface area contributed by atoms with Gasteiger partial charge in [-0.1, -0.05) is 6.07 Å². The Hall–Kier alpha value is -3.33. The average molecular weight is 452 g/mol. The fraction of sp³-hybridized carbons (Fsp3) is 0.417. The fourth-order valence-electron chi connectivity index (χ4n) is 4.88. The summed E-state index contributed by atoms with van der Waals surface area (Å²) in [5.74, 6) is -1.58. The number of benzene rings is 1. The third-order valence-electron chi connectivity index (χ3n) is 6.64. The van der Waals surface area contributed by atoms with Crippen LogP contribution in [0.15, 0.2) is 30.3 Å². The van der Waals surface area contributed by atoms with Gasteiger partial charge >= 0.3 is 0 Å². The SMILES string of the molecule is Cc1cccc(CN2CCN(c3cc4c(cc3F)C(=O)N(C3CCC(=O)NC3=O)C4)CC2)n1. The number of fused-ring (bicyclic) bond motifs is 1. The number of rotatable bonds is 4. The number of hydrogen-bond acceptors (Lipinski definition) is 6. The zero-order valence-electron chi connectivity index (χ0n) is 18.5. The Bertz CT molecular complexity index is 1130. The summed E-state index contributed by atoms with van der Waals surface area (Å²) in [6.07, 6.45) is 0.482. The summed E-state index contributed by atoms with van der Waals surface area (Å²) in [4.78, 5) is 46.9. The molecular formula is C24H26FN5O3. The van der Waals surface area contributed by atoms with E-state index in [1.807, 2.05) is 30.0 Å². The second kappa shape index (κ2) is 8.55. The number of carbonyl (C=O) groups excluding carboxylic acids is 3. The van der Waals surface area contributed by atoms with E-state index in [2.05, 4.69) is 15.2 Å². The summed E-state index contributed by atoms with van der Waals surface area (Å²) in [6.45, 7) is 5.90. The number of halogens is 1. The van der Waals surface area contributed by atoms with E-state index in [1.165, 1.54) is 11.0 Å². The first-order valence-electron chi connectivity index (χ1n) is 11.3. The number of piperazine rings is 1. The second-order valence-corrected chi connectivity index (χ2v) is 8.89. The van der Waals surface area contributed by atoms with Gasteiger partial charge in [0.25, 0.3) is 5.91 Å². The predicted molar refractivity (Wildman–Crippen MR) is 119 cm³/mol. The Morgan fingerprint density at radius 3 is 2.64 bits per heavy atom. The van der Waals surface area contributed by atoms with Crippen molar-refractivity contribution >= 4 is 23.4 Å². The Labute approximate surface area is 191 Å². The van der Waals surface area contributed by atoms with Gasteiger partial charge in [-0.05, 0) is 43.2 Å². The van der Waals surface area contributed by atoms with E-state index in [9.17, 15) is 14.4 Å². The van der Waals surface area contributed by atoms with E-state index in [0.717, 1.165) is 31.0 Å². The summed E-state index contributed by atoms with van der Waals surface area (Å²) in [6, 6.07) is 8.34. The van der Waals surface area contributed by atoms with Crippen molar-refractivity contribution in [1.29, 1.82) is 0 Å². The molecule has 5 rings (SSSR count). The van der Waals surface area contributed by atoms with Gasteiger partial charge in [0.2, 0.25) is 11.8 Å². The van der Waals surface area contributed by atoms with Crippen molar-refractivity contribution < 1.29 is 18.8 Å². The van der Waals surface area contributed by atoms with Crippen LogP contribution >= 0.6 is 0 Å². The largest absolute Gasteiger partial charge is 0.367 e. The number of pyridine rings is 1. The van der Waals surface area contributed by atoms with Gasteiger partial charge in [-0.25, -0.2) is 4.39 Å². The third-order valence-corrected chi connectivity index (χ3v) is 6.64. The van der Waals surface area contributed by atoms with Crippen LogP contribution in [0.25, 0.3) is 0 Å². The van der Waals surface area contributed by atoms with Gasteiger partial charge in [0.05, 0.1) is 11.4 Å². The van der Waals surface area contributed by atoms with Gasteiger partial charge in [0.15, 0.2) is 0 Å². The molecule has 1 aromatic carbocycles. The molecule has 1 atom stereocenters. The first-order chi connectivity index (χ1) is 15.9. The first kappa shape index (κ1) is 21.5. The highest BCUT2D eigenvalue weighted by atomic mass is 19.1. The monoisotopic (exact) mass is 451 g/mol. The molecule has 0 spiro atoms. The van der Waals surface area contributed by atoms with Crippen molar-refractivity contribution in [3.63, 3.8) is 0 Å². The Morgan fingerprint density at radius 2 is 1.91 bits per heavy atom. The summed E-state index contributed by atoms with van der Waals surface area (Å²) in [5, 5.41) is 2.29. The number of hydrogen-bond donors (Lipinski definition) is 1. The normalized spacial score (nSPS) is 21.4. The summed E-state index contributed by atoms with van der Waals surface area (Å²) in [7, 11) is 0. The highest BCUT2D eigenvalue weighted by Crippen LogP contribution is 2.33. The topological polar surface area (TPSA) is 85.9 Å². The van der Waals surface area contributed by atoms with Gasteiger partial charge in [0, 0.05) is 56.9 Å². The molecule has 33 heavy (non-hydrogen) atoms. The number of nitrogens with one attached hydrogen (secondary N) is 1. The Balaban J connectivity index is 1.27.